The van der Waals surface area contributed by atoms with Crippen molar-refractivity contribution >= 4 is 51.6 Å². The minimum atomic E-state index is -1.39. The van der Waals surface area contributed by atoms with Crippen molar-refractivity contribution in [1.82, 2.24) is 10.6 Å². The number of carboxylic acid groups (broad SMARTS) is 1. The Morgan fingerprint density at radius 3 is 2.45 bits per heavy atom. The first-order chi connectivity index (χ1) is 14.8. The molecule has 0 radical (unpaired) electrons. The van der Waals surface area contributed by atoms with Gasteiger partial charge < -0.3 is 25.3 Å². The summed E-state index contributed by atoms with van der Waals surface area (Å²) in [6, 6.07) is 12.5. The molecule has 0 aliphatic rings. The number of hydrogen-bond acceptors (Lipinski definition) is 6. The number of carboxylic acids is 1. The normalized spacial score (nSPS) is 12.0. The summed E-state index contributed by atoms with van der Waals surface area (Å²) in [6.07, 6.45) is 3.50. The van der Waals surface area contributed by atoms with Crippen LogP contribution in [-0.2, 0) is 9.59 Å². The van der Waals surface area contributed by atoms with Gasteiger partial charge in [-0.15, -0.1) is 0 Å². The number of hydrogen-bond donors (Lipinski definition) is 2. The summed E-state index contributed by atoms with van der Waals surface area (Å²) in [6.45, 7) is 0. The summed E-state index contributed by atoms with van der Waals surface area (Å²) in [5.41, 5.74) is 0.773. The smallest absolute Gasteiger partial charge is 0.268 e. The van der Waals surface area contributed by atoms with E-state index in [1.54, 1.807) is 48.5 Å². The summed E-state index contributed by atoms with van der Waals surface area (Å²) >= 11 is 4.80. The number of benzene rings is 2. The molecule has 1 atom stereocenters. The predicted molar refractivity (Wildman–Crippen MR) is 123 cm³/mol. The number of carbonyl (C=O) groups excluding carboxylic acids is 3. The molecule has 9 heteroatoms. The summed E-state index contributed by atoms with van der Waals surface area (Å²) in [7, 11) is 1.44. The maximum Gasteiger partial charge on any atom is 0.268 e. The molecule has 164 valence electrons. The Labute approximate surface area is 193 Å². The van der Waals surface area contributed by atoms with Crippen molar-refractivity contribution in [2.45, 2.75) is 12.5 Å². The highest BCUT2D eigenvalue weighted by Gasteiger charge is 2.20. The molecule has 0 heterocycles. The van der Waals surface area contributed by atoms with Crippen LogP contribution in [0.1, 0.15) is 22.3 Å². The number of nitrogens with one attached hydrogen (secondary N) is 2. The molecule has 2 aromatic carbocycles. The zero-order chi connectivity index (χ0) is 22.8. The third kappa shape index (κ3) is 7.45. The lowest BCUT2D eigenvalue weighted by Gasteiger charge is -2.20. The van der Waals surface area contributed by atoms with Crippen LogP contribution in [0.15, 0.2) is 58.7 Å². The number of rotatable bonds is 10. The van der Waals surface area contributed by atoms with Crippen molar-refractivity contribution in [3.8, 4) is 5.75 Å². The summed E-state index contributed by atoms with van der Waals surface area (Å²) in [5.74, 6) is -1.82. The van der Waals surface area contributed by atoms with Crippen LogP contribution in [0.5, 0.6) is 5.75 Å². The quantitative estimate of drug-likeness (QED) is 0.479. The van der Waals surface area contributed by atoms with Gasteiger partial charge in [-0.1, -0.05) is 40.2 Å². The van der Waals surface area contributed by atoms with Crippen LogP contribution in [0.2, 0.25) is 0 Å². The van der Waals surface area contributed by atoms with Crippen molar-refractivity contribution in [3.05, 3.63) is 69.8 Å². The van der Waals surface area contributed by atoms with Gasteiger partial charge in [0, 0.05) is 4.47 Å². The van der Waals surface area contributed by atoms with E-state index < -0.39 is 23.8 Å². The van der Waals surface area contributed by atoms with E-state index in [-0.39, 0.29) is 17.7 Å². The monoisotopic (exact) mass is 505 g/mol. The van der Waals surface area contributed by atoms with Crippen molar-refractivity contribution in [2.24, 2.45) is 0 Å². The van der Waals surface area contributed by atoms with Gasteiger partial charge in [-0.3, -0.25) is 9.59 Å². The average Bonchev–Trinajstić information content (AvgIpc) is 2.77. The van der Waals surface area contributed by atoms with Gasteiger partial charge in [0.05, 0.1) is 24.7 Å². The van der Waals surface area contributed by atoms with Crippen LogP contribution in [0, 0.1) is 0 Å². The third-order valence-corrected chi connectivity index (χ3v) is 5.40. The van der Waals surface area contributed by atoms with E-state index in [0.29, 0.717) is 17.1 Å². The highest BCUT2D eigenvalue weighted by molar-refractivity contribution is 9.10. The van der Waals surface area contributed by atoms with Gasteiger partial charge in [0.15, 0.2) is 0 Å². The molecule has 2 N–H and O–H groups in total. The molecule has 7 nitrogen and oxygen atoms in total. The topological polar surface area (TPSA) is 108 Å². The molecule has 0 saturated carbocycles. The molecular weight excluding hydrogens is 484 g/mol. The molecule has 0 saturated heterocycles. The van der Waals surface area contributed by atoms with Crippen LogP contribution in [-0.4, -0.2) is 42.9 Å². The van der Waals surface area contributed by atoms with Crippen LogP contribution < -0.4 is 20.5 Å². The van der Waals surface area contributed by atoms with Crippen molar-refractivity contribution in [3.63, 3.8) is 0 Å². The number of amides is 2. The van der Waals surface area contributed by atoms with Gasteiger partial charge in [-0.2, -0.15) is 11.8 Å². The number of halogens is 1. The first kappa shape index (κ1) is 24.5. The fraction of sp³-hybridized carbons (Fsp3) is 0.227. The Kier molecular flexibility index (Phi) is 9.61. The lowest BCUT2D eigenvalue weighted by Crippen LogP contribution is -2.50. The standard InChI is InChI=1S/C22H23BrN2O5S/c1-30-19-6-4-3-5-16(19)20(26)25-18(13-14-7-9-15(23)10-8-14)21(27)24-17(22(28)29)11-12-31-2/h3-10,13,17H,11-12H2,1-2H3,(H,24,27)(H,25,26)(H,28,29)/p-1/b18-13+/t17-/m0/s1. The molecule has 0 bridgehead atoms. The summed E-state index contributed by atoms with van der Waals surface area (Å²) in [5, 5.41) is 16.4. The molecule has 0 aliphatic carbocycles. The molecule has 0 spiro atoms. The van der Waals surface area contributed by atoms with Crippen LogP contribution in [0.4, 0.5) is 0 Å². The highest BCUT2D eigenvalue weighted by atomic mass is 79.9. The number of aliphatic carboxylic acids is 1. The van der Waals surface area contributed by atoms with Crippen LogP contribution in [0.25, 0.3) is 6.08 Å². The molecule has 2 aromatic rings. The van der Waals surface area contributed by atoms with E-state index in [0.717, 1.165) is 4.47 Å². The van der Waals surface area contributed by atoms with Gasteiger partial charge in [0.1, 0.15) is 11.4 Å². The Balaban J connectivity index is 2.33. The van der Waals surface area contributed by atoms with Gasteiger partial charge in [0.2, 0.25) is 0 Å². The van der Waals surface area contributed by atoms with E-state index in [1.807, 2.05) is 6.26 Å². The SMILES string of the molecule is COc1ccccc1C(=O)N/C(=C/c1ccc(Br)cc1)C(=O)N[C@@H](CCSC)C(=O)[O-]. The maximum absolute atomic E-state index is 12.9. The van der Waals surface area contributed by atoms with Gasteiger partial charge in [-0.05, 0) is 54.3 Å². The Morgan fingerprint density at radius 1 is 1.16 bits per heavy atom. The zero-order valence-electron chi connectivity index (χ0n) is 17.0. The lowest BCUT2D eigenvalue weighted by molar-refractivity contribution is -0.308. The Bertz CT molecular complexity index is 963. The van der Waals surface area contributed by atoms with E-state index in [9.17, 15) is 19.5 Å². The molecule has 0 unspecified atom stereocenters. The lowest BCUT2D eigenvalue weighted by atomic mass is 10.1. The predicted octanol–water partition coefficient (Wildman–Crippen LogP) is 2.22. The van der Waals surface area contributed by atoms with Crippen LogP contribution >= 0.6 is 27.7 Å². The number of carbonyl (C=O) groups is 3. The first-order valence-electron chi connectivity index (χ1n) is 9.28. The molecule has 2 amide bonds. The minimum Gasteiger partial charge on any atom is -0.548 e. The van der Waals surface area contributed by atoms with E-state index in [2.05, 4.69) is 26.6 Å². The first-order valence-corrected chi connectivity index (χ1v) is 11.5. The molecule has 0 aromatic heterocycles. The van der Waals surface area contributed by atoms with E-state index in [4.69, 9.17) is 4.74 Å². The third-order valence-electron chi connectivity index (χ3n) is 4.23. The van der Waals surface area contributed by atoms with Crippen molar-refractivity contribution < 1.29 is 24.2 Å². The molecule has 0 aliphatic heterocycles. The van der Waals surface area contributed by atoms with Crippen LogP contribution in [0.3, 0.4) is 0 Å². The second kappa shape index (κ2) is 12.2. The Hall–Kier alpha value is -2.78. The number of para-hydroxylation sites is 1. The van der Waals surface area contributed by atoms with Gasteiger partial charge in [-0.25, -0.2) is 0 Å². The molecule has 31 heavy (non-hydrogen) atoms. The summed E-state index contributed by atoms with van der Waals surface area (Å²) < 4.78 is 6.06. The van der Waals surface area contributed by atoms with E-state index >= 15 is 0 Å². The maximum atomic E-state index is 12.9. The fourth-order valence-electron chi connectivity index (χ4n) is 2.63. The van der Waals surface area contributed by atoms with Gasteiger partial charge in [0.25, 0.3) is 11.8 Å². The fourth-order valence-corrected chi connectivity index (χ4v) is 3.36. The molecule has 0 fully saturated rings. The second-order valence-electron chi connectivity index (χ2n) is 6.39. The number of methoxy groups -OCH3 is 1. The minimum absolute atomic E-state index is 0.103. The second-order valence-corrected chi connectivity index (χ2v) is 8.29. The molecular formula is C22H22BrN2O5S-. The van der Waals surface area contributed by atoms with Crippen molar-refractivity contribution in [1.29, 1.82) is 0 Å². The van der Waals surface area contributed by atoms with E-state index in [1.165, 1.54) is 24.9 Å². The summed E-state index contributed by atoms with van der Waals surface area (Å²) in [4.78, 5) is 37.1. The van der Waals surface area contributed by atoms with Gasteiger partial charge >= 0.3 is 0 Å². The van der Waals surface area contributed by atoms with Crippen molar-refractivity contribution in [2.75, 3.05) is 19.1 Å². The highest BCUT2D eigenvalue weighted by Crippen LogP contribution is 2.18. The average molecular weight is 506 g/mol. The Morgan fingerprint density at radius 2 is 1.84 bits per heavy atom. The zero-order valence-corrected chi connectivity index (χ0v) is 19.4. The largest absolute Gasteiger partial charge is 0.548 e. The number of ether oxygens (including phenoxy) is 1. The molecule has 2 rings (SSSR count). The number of thioether (sulfide) groups is 1.